The number of ether oxygens (including phenoxy) is 2. The van der Waals surface area contributed by atoms with E-state index in [2.05, 4.69) is 31.4 Å². The van der Waals surface area contributed by atoms with Gasteiger partial charge in [0.1, 0.15) is 11.8 Å². The quantitative estimate of drug-likeness (QED) is 0.267. The predicted octanol–water partition coefficient (Wildman–Crippen LogP) is 5.24. The van der Waals surface area contributed by atoms with Crippen molar-refractivity contribution in [2.75, 3.05) is 6.61 Å². The first kappa shape index (κ1) is 21.8. The fourth-order valence-corrected chi connectivity index (χ4v) is 3.17. The lowest BCUT2D eigenvalue weighted by atomic mass is 10.2. The maximum Gasteiger partial charge on any atom is 0.274 e. The largest absolute Gasteiger partial charge is 0.490 e. The summed E-state index contributed by atoms with van der Waals surface area (Å²) >= 11 is 9.44. The van der Waals surface area contributed by atoms with Gasteiger partial charge in [-0.3, -0.25) is 4.79 Å². The number of nitrogens with one attached hydrogen (secondary N) is 1. The lowest BCUT2D eigenvalue weighted by Crippen LogP contribution is -2.18. The van der Waals surface area contributed by atoms with Crippen molar-refractivity contribution in [1.82, 2.24) is 10.4 Å². The molecule has 1 heterocycles. The number of hydrogen-bond donors (Lipinski definition) is 1. The van der Waals surface area contributed by atoms with E-state index < -0.39 is 5.91 Å². The summed E-state index contributed by atoms with van der Waals surface area (Å²) < 4.78 is 12.4. The number of hydrazone groups is 1. The Balaban J connectivity index is 1.73. The minimum atomic E-state index is -0.451. The van der Waals surface area contributed by atoms with E-state index >= 15 is 0 Å². The zero-order chi connectivity index (χ0) is 21.3. The van der Waals surface area contributed by atoms with E-state index in [1.807, 2.05) is 43.3 Å². The van der Waals surface area contributed by atoms with Gasteiger partial charge in [-0.25, -0.2) is 10.4 Å². The monoisotopic (exact) mass is 487 g/mol. The molecule has 0 unspecified atom stereocenters. The molecule has 0 atom stereocenters. The standard InChI is InChI=1S/C22H19BrClN3O3/c1-2-29-19-11-16(13-26-27-22(28)17-9-6-10-25-21(17)24)18(23)12-20(19)30-14-15-7-4-3-5-8-15/h3-13H,2,14H2,1H3,(H,27,28). The van der Waals surface area contributed by atoms with E-state index in [4.69, 9.17) is 21.1 Å². The molecule has 154 valence electrons. The van der Waals surface area contributed by atoms with Crippen molar-refractivity contribution in [1.29, 1.82) is 0 Å². The van der Waals surface area contributed by atoms with Crippen molar-refractivity contribution in [3.63, 3.8) is 0 Å². The van der Waals surface area contributed by atoms with Crippen LogP contribution in [-0.2, 0) is 6.61 Å². The van der Waals surface area contributed by atoms with Crippen molar-refractivity contribution >= 4 is 39.7 Å². The number of rotatable bonds is 8. The zero-order valence-corrected chi connectivity index (χ0v) is 18.5. The van der Waals surface area contributed by atoms with Gasteiger partial charge in [0.25, 0.3) is 5.91 Å². The van der Waals surface area contributed by atoms with Crippen LogP contribution in [0.3, 0.4) is 0 Å². The number of carbonyl (C=O) groups excluding carboxylic acids is 1. The van der Waals surface area contributed by atoms with Crippen LogP contribution >= 0.6 is 27.5 Å². The second kappa shape index (κ2) is 10.8. The van der Waals surface area contributed by atoms with Gasteiger partial charge >= 0.3 is 0 Å². The van der Waals surface area contributed by atoms with Crippen LogP contribution in [0.4, 0.5) is 0 Å². The summed E-state index contributed by atoms with van der Waals surface area (Å²) in [6.45, 7) is 2.80. The molecule has 0 aliphatic rings. The molecule has 0 radical (unpaired) electrons. The number of nitrogens with zero attached hydrogens (tertiary/aromatic N) is 2. The Labute approximate surface area is 188 Å². The highest BCUT2D eigenvalue weighted by molar-refractivity contribution is 9.10. The molecule has 1 aromatic heterocycles. The van der Waals surface area contributed by atoms with Gasteiger partial charge in [-0.1, -0.05) is 41.9 Å². The van der Waals surface area contributed by atoms with Crippen LogP contribution in [0.25, 0.3) is 0 Å². The Kier molecular flexibility index (Phi) is 7.82. The molecule has 6 nitrogen and oxygen atoms in total. The van der Waals surface area contributed by atoms with Gasteiger partial charge < -0.3 is 9.47 Å². The third-order valence-electron chi connectivity index (χ3n) is 3.97. The molecule has 0 saturated heterocycles. The summed E-state index contributed by atoms with van der Waals surface area (Å²) in [6, 6.07) is 16.7. The van der Waals surface area contributed by atoms with E-state index in [0.29, 0.717) is 30.3 Å². The maximum absolute atomic E-state index is 12.2. The Bertz CT molecular complexity index is 1050. The Hall–Kier alpha value is -2.90. The van der Waals surface area contributed by atoms with Crippen molar-refractivity contribution in [2.45, 2.75) is 13.5 Å². The minimum Gasteiger partial charge on any atom is -0.490 e. The highest BCUT2D eigenvalue weighted by Crippen LogP contribution is 2.33. The summed E-state index contributed by atoms with van der Waals surface area (Å²) in [6.07, 6.45) is 3.02. The summed E-state index contributed by atoms with van der Waals surface area (Å²) in [4.78, 5) is 16.1. The topological polar surface area (TPSA) is 72.8 Å². The van der Waals surface area contributed by atoms with Crippen LogP contribution in [0.2, 0.25) is 5.15 Å². The van der Waals surface area contributed by atoms with Crippen LogP contribution in [0.5, 0.6) is 11.5 Å². The molecule has 0 spiro atoms. The molecule has 0 bridgehead atoms. The molecule has 2 aromatic carbocycles. The molecule has 1 amide bonds. The van der Waals surface area contributed by atoms with Gasteiger partial charge in [-0.05, 0) is 52.7 Å². The summed E-state index contributed by atoms with van der Waals surface area (Å²) in [5, 5.41) is 4.12. The second-order valence-corrected chi connectivity index (χ2v) is 7.28. The fraction of sp³-hybridized carbons (Fsp3) is 0.136. The van der Waals surface area contributed by atoms with Gasteiger partial charge in [0.15, 0.2) is 11.5 Å². The Morgan fingerprint density at radius 2 is 1.93 bits per heavy atom. The van der Waals surface area contributed by atoms with E-state index in [-0.39, 0.29) is 10.7 Å². The number of hydrogen-bond acceptors (Lipinski definition) is 5. The van der Waals surface area contributed by atoms with Crippen LogP contribution in [0.1, 0.15) is 28.4 Å². The van der Waals surface area contributed by atoms with Gasteiger partial charge in [0.05, 0.1) is 18.4 Å². The first-order valence-corrected chi connectivity index (χ1v) is 10.3. The highest BCUT2D eigenvalue weighted by Gasteiger charge is 2.12. The Morgan fingerprint density at radius 3 is 2.67 bits per heavy atom. The molecule has 0 fully saturated rings. The van der Waals surface area contributed by atoms with E-state index in [1.54, 1.807) is 18.2 Å². The van der Waals surface area contributed by atoms with Crippen LogP contribution < -0.4 is 14.9 Å². The number of carbonyl (C=O) groups is 1. The number of aromatic nitrogens is 1. The van der Waals surface area contributed by atoms with E-state index in [9.17, 15) is 4.79 Å². The number of pyridine rings is 1. The molecule has 3 aromatic rings. The molecule has 0 aliphatic heterocycles. The first-order chi connectivity index (χ1) is 14.6. The van der Waals surface area contributed by atoms with Gasteiger partial charge in [-0.2, -0.15) is 5.10 Å². The first-order valence-electron chi connectivity index (χ1n) is 9.15. The molecule has 8 heteroatoms. The van der Waals surface area contributed by atoms with Crippen molar-refractivity contribution in [2.24, 2.45) is 5.10 Å². The van der Waals surface area contributed by atoms with Gasteiger partial charge in [0, 0.05) is 16.2 Å². The molecule has 3 rings (SSSR count). The smallest absolute Gasteiger partial charge is 0.274 e. The van der Waals surface area contributed by atoms with Crippen LogP contribution in [0, 0.1) is 0 Å². The van der Waals surface area contributed by atoms with Crippen LogP contribution in [0.15, 0.2) is 70.4 Å². The zero-order valence-electron chi connectivity index (χ0n) is 16.1. The summed E-state index contributed by atoms with van der Waals surface area (Å²) in [7, 11) is 0. The number of halogens is 2. The number of benzene rings is 2. The van der Waals surface area contributed by atoms with Gasteiger partial charge in [-0.15, -0.1) is 0 Å². The van der Waals surface area contributed by atoms with E-state index in [0.717, 1.165) is 10.0 Å². The van der Waals surface area contributed by atoms with Crippen molar-refractivity contribution in [3.8, 4) is 11.5 Å². The molecular weight excluding hydrogens is 470 g/mol. The molecule has 0 saturated carbocycles. The second-order valence-electron chi connectivity index (χ2n) is 6.07. The summed E-state index contributed by atoms with van der Waals surface area (Å²) in [5.41, 5.74) is 4.45. The third kappa shape index (κ3) is 5.81. The average Bonchev–Trinajstić information content (AvgIpc) is 2.75. The van der Waals surface area contributed by atoms with E-state index in [1.165, 1.54) is 12.4 Å². The molecular formula is C22H19BrClN3O3. The lowest BCUT2D eigenvalue weighted by Gasteiger charge is -2.14. The normalized spacial score (nSPS) is 10.8. The summed E-state index contributed by atoms with van der Waals surface area (Å²) in [5.74, 6) is 0.740. The average molecular weight is 489 g/mol. The van der Waals surface area contributed by atoms with Gasteiger partial charge in [0.2, 0.25) is 0 Å². The lowest BCUT2D eigenvalue weighted by molar-refractivity contribution is 0.0955. The van der Waals surface area contributed by atoms with Crippen molar-refractivity contribution < 1.29 is 14.3 Å². The molecule has 1 N–H and O–H groups in total. The maximum atomic E-state index is 12.2. The number of amides is 1. The molecule has 0 aliphatic carbocycles. The highest BCUT2D eigenvalue weighted by atomic mass is 79.9. The fourth-order valence-electron chi connectivity index (χ4n) is 2.54. The minimum absolute atomic E-state index is 0.116. The third-order valence-corrected chi connectivity index (χ3v) is 4.96. The molecule has 30 heavy (non-hydrogen) atoms. The van der Waals surface area contributed by atoms with Crippen LogP contribution in [-0.4, -0.2) is 23.7 Å². The SMILES string of the molecule is CCOc1cc(C=NNC(=O)c2cccnc2Cl)c(Br)cc1OCc1ccccc1. The van der Waals surface area contributed by atoms with Crippen molar-refractivity contribution in [3.05, 3.63) is 87.1 Å². The predicted molar refractivity (Wildman–Crippen MR) is 120 cm³/mol. The Morgan fingerprint density at radius 1 is 1.17 bits per heavy atom.